The highest BCUT2D eigenvalue weighted by atomic mass is 35.5. The Morgan fingerprint density at radius 2 is 1.85 bits per heavy atom. The summed E-state index contributed by atoms with van der Waals surface area (Å²) in [5.74, 6) is -1.13. The van der Waals surface area contributed by atoms with E-state index >= 15 is 0 Å². The first-order valence-corrected chi connectivity index (χ1v) is 8.02. The third kappa shape index (κ3) is 5.05. The van der Waals surface area contributed by atoms with Crippen molar-refractivity contribution in [3.8, 4) is 0 Å². The van der Waals surface area contributed by atoms with E-state index in [0.29, 0.717) is 5.56 Å². The number of amides is 2. The molecule has 2 aromatic carbocycles. The molecule has 0 aliphatic carbocycles. The number of hydrogen-bond donors (Lipinski definition) is 2. The number of anilines is 1. The zero-order chi connectivity index (χ0) is 19.3. The molecule has 0 bridgehead atoms. The third-order valence-corrected chi connectivity index (χ3v) is 3.97. The molecule has 0 atom stereocenters. The first-order valence-electron chi connectivity index (χ1n) is 7.27. The van der Waals surface area contributed by atoms with Crippen LogP contribution in [0.5, 0.6) is 0 Å². The van der Waals surface area contributed by atoms with Gasteiger partial charge in [0, 0.05) is 19.1 Å². The summed E-state index contributed by atoms with van der Waals surface area (Å²) in [5.41, 5.74) is 0.392. The van der Waals surface area contributed by atoms with Gasteiger partial charge in [0.1, 0.15) is 5.70 Å². The molecule has 0 aliphatic heterocycles. The second-order valence-electron chi connectivity index (χ2n) is 5.15. The lowest BCUT2D eigenvalue weighted by atomic mass is 10.1. The normalized spacial score (nSPS) is 11.0. The zero-order valence-electron chi connectivity index (χ0n) is 13.5. The Bertz CT molecular complexity index is 913. The van der Waals surface area contributed by atoms with E-state index < -0.39 is 16.7 Å². The van der Waals surface area contributed by atoms with Gasteiger partial charge in [0.05, 0.1) is 20.7 Å². The fourth-order valence-electron chi connectivity index (χ4n) is 2.03. The van der Waals surface area contributed by atoms with Crippen LogP contribution in [-0.2, 0) is 9.59 Å². The third-order valence-electron chi connectivity index (χ3n) is 3.15. The molecule has 2 N–H and O–H groups in total. The van der Waals surface area contributed by atoms with Crippen LogP contribution < -0.4 is 10.6 Å². The smallest absolute Gasteiger partial charge is 0.272 e. The van der Waals surface area contributed by atoms with Crippen LogP contribution >= 0.6 is 23.2 Å². The maximum Gasteiger partial charge on any atom is 0.272 e. The van der Waals surface area contributed by atoms with E-state index in [1.165, 1.54) is 31.2 Å². The van der Waals surface area contributed by atoms with Gasteiger partial charge in [0.2, 0.25) is 5.91 Å². The highest BCUT2D eigenvalue weighted by Crippen LogP contribution is 2.29. The van der Waals surface area contributed by atoms with E-state index in [-0.39, 0.29) is 27.1 Å². The second kappa shape index (κ2) is 8.46. The molecule has 0 fully saturated rings. The van der Waals surface area contributed by atoms with Crippen molar-refractivity contribution in [2.75, 3.05) is 5.32 Å². The van der Waals surface area contributed by atoms with Gasteiger partial charge >= 0.3 is 0 Å². The molecule has 2 rings (SSSR count). The van der Waals surface area contributed by atoms with Gasteiger partial charge in [-0.2, -0.15) is 0 Å². The lowest BCUT2D eigenvalue weighted by Crippen LogP contribution is -2.29. The molecule has 0 saturated carbocycles. The van der Waals surface area contributed by atoms with Crippen LogP contribution in [0.4, 0.5) is 11.4 Å². The Hall–Kier alpha value is -2.90. The first kappa shape index (κ1) is 19.4. The first-order chi connectivity index (χ1) is 12.3. The summed E-state index contributed by atoms with van der Waals surface area (Å²) < 4.78 is 0. The van der Waals surface area contributed by atoms with E-state index in [9.17, 15) is 19.7 Å². The van der Waals surface area contributed by atoms with Gasteiger partial charge in [-0.3, -0.25) is 19.7 Å². The van der Waals surface area contributed by atoms with E-state index in [1.54, 1.807) is 24.3 Å². The highest BCUT2D eigenvalue weighted by Gasteiger charge is 2.15. The van der Waals surface area contributed by atoms with Crippen LogP contribution in [0.3, 0.4) is 0 Å². The van der Waals surface area contributed by atoms with Gasteiger partial charge in [0.25, 0.3) is 11.6 Å². The summed E-state index contributed by atoms with van der Waals surface area (Å²) in [7, 11) is 0. The number of nitro benzene ring substituents is 1. The van der Waals surface area contributed by atoms with Gasteiger partial charge in [-0.05, 0) is 23.8 Å². The molecule has 0 saturated heterocycles. The van der Waals surface area contributed by atoms with Crippen LogP contribution in [0, 0.1) is 10.1 Å². The van der Waals surface area contributed by atoms with Gasteiger partial charge in [-0.25, -0.2) is 0 Å². The molecule has 0 radical (unpaired) electrons. The van der Waals surface area contributed by atoms with Crippen LogP contribution in [0.1, 0.15) is 12.5 Å². The van der Waals surface area contributed by atoms with Crippen LogP contribution in [0.25, 0.3) is 6.08 Å². The van der Waals surface area contributed by atoms with Crippen molar-refractivity contribution >= 4 is 52.5 Å². The van der Waals surface area contributed by atoms with Crippen molar-refractivity contribution in [3.05, 3.63) is 73.9 Å². The Morgan fingerprint density at radius 3 is 2.50 bits per heavy atom. The Labute approximate surface area is 158 Å². The number of rotatable bonds is 5. The average Bonchev–Trinajstić information content (AvgIpc) is 2.58. The number of nitrogens with zero attached hydrogens (tertiary/aromatic N) is 1. The molecule has 0 unspecified atom stereocenters. The SMILES string of the molecule is CC(=O)NC(=Cc1cccc([N+](=O)[O-])c1)C(=O)Nc1cccc(Cl)c1Cl. The molecule has 9 heteroatoms. The van der Waals surface area contributed by atoms with Gasteiger partial charge < -0.3 is 10.6 Å². The van der Waals surface area contributed by atoms with Crippen molar-refractivity contribution in [1.29, 1.82) is 0 Å². The molecule has 0 spiro atoms. The summed E-state index contributed by atoms with van der Waals surface area (Å²) in [5, 5.41) is 16.2. The summed E-state index contributed by atoms with van der Waals surface area (Å²) >= 11 is 11.9. The molecular formula is C17H13Cl2N3O4. The average molecular weight is 394 g/mol. The van der Waals surface area contributed by atoms with Crippen molar-refractivity contribution in [1.82, 2.24) is 5.32 Å². The topological polar surface area (TPSA) is 101 Å². The van der Waals surface area contributed by atoms with E-state index in [4.69, 9.17) is 23.2 Å². The van der Waals surface area contributed by atoms with Crippen molar-refractivity contribution in [2.45, 2.75) is 6.92 Å². The quantitative estimate of drug-likeness (QED) is 0.454. The number of nitro groups is 1. The Morgan fingerprint density at radius 1 is 1.15 bits per heavy atom. The lowest BCUT2D eigenvalue weighted by molar-refractivity contribution is -0.384. The van der Waals surface area contributed by atoms with Crippen LogP contribution in [-0.4, -0.2) is 16.7 Å². The number of benzene rings is 2. The minimum Gasteiger partial charge on any atom is -0.322 e. The maximum atomic E-state index is 12.5. The fraction of sp³-hybridized carbons (Fsp3) is 0.0588. The van der Waals surface area contributed by atoms with Crippen molar-refractivity contribution < 1.29 is 14.5 Å². The summed E-state index contributed by atoms with van der Waals surface area (Å²) in [4.78, 5) is 34.2. The van der Waals surface area contributed by atoms with Gasteiger partial charge in [0.15, 0.2) is 0 Å². The summed E-state index contributed by atoms with van der Waals surface area (Å²) in [6.07, 6.45) is 1.32. The van der Waals surface area contributed by atoms with E-state index in [2.05, 4.69) is 10.6 Å². The number of non-ortho nitro benzene ring substituents is 1. The monoisotopic (exact) mass is 393 g/mol. The molecule has 26 heavy (non-hydrogen) atoms. The molecule has 134 valence electrons. The van der Waals surface area contributed by atoms with Gasteiger partial charge in [-0.1, -0.05) is 41.4 Å². The van der Waals surface area contributed by atoms with E-state index in [1.807, 2.05) is 0 Å². The van der Waals surface area contributed by atoms with Crippen molar-refractivity contribution in [3.63, 3.8) is 0 Å². The molecular weight excluding hydrogens is 381 g/mol. The standard InChI is InChI=1S/C17H13Cl2N3O4/c1-10(23)20-15(9-11-4-2-5-12(8-11)22(25)26)17(24)21-14-7-3-6-13(18)16(14)19/h2-9H,1H3,(H,20,23)(H,21,24). The van der Waals surface area contributed by atoms with Gasteiger partial charge in [-0.15, -0.1) is 0 Å². The van der Waals surface area contributed by atoms with E-state index in [0.717, 1.165) is 0 Å². The maximum absolute atomic E-state index is 12.5. The number of nitrogens with one attached hydrogen (secondary N) is 2. The largest absolute Gasteiger partial charge is 0.322 e. The molecule has 2 aromatic rings. The summed E-state index contributed by atoms with van der Waals surface area (Å²) in [6, 6.07) is 10.3. The number of hydrogen-bond acceptors (Lipinski definition) is 4. The predicted molar refractivity (Wildman–Crippen MR) is 100.0 cm³/mol. The van der Waals surface area contributed by atoms with Crippen LogP contribution in [0.2, 0.25) is 10.0 Å². The number of carbonyl (C=O) groups is 2. The summed E-state index contributed by atoms with van der Waals surface area (Å²) in [6.45, 7) is 1.24. The number of carbonyl (C=O) groups excluding carboxylic acids is 2. The molecule has 0 heterocycles. The molecule has 2 amide bonds. The predicted octanol–water partition coefficient (Wildman–Crippen LogP) is 4.02. The lowest BCUT2D eigenvalue weighted by Gasteiger charge is -2.11. The fourth-order valence-corrected chi connectivity index (χ4v) is 2.38. The minimum atomic E-state index is -0.657. The second-order valence-corrected chi connectivity index (χ2v) is 5.93. The zero-order valence-corrected chi connectivity index (χ0v) is 15.0. The number of halogens is 2. The molecule has 0 aliphatic rings. The van der Waals surface area contributed by atoms with Crippen molar-refractivity contribution in [2.24, 2.45) is 0 Å². The Balaban J connectivity index is 2.35. The highest BCUT2D eigenvalue weighted by molar-refractivity contribution is 6.44. The van der Waals surface area contributed by atoms with Crippen LogP contribution in [0.15, 0.2) is 48.2 Å². The molecule has 0 aromatic heterocycles. The minimum absolute atomic E-state index is 0.103. The molecule has 7 nitrogen and oxygen atoms in total. The Kier molecular flexibility index (Phi) is 6.32.